The number of fused-ring (bicyclic) bond motifs is 1. The minimum atomic E-state index is 0.0813. The van der Waals surface area contributed by atoms with Crippen molar-refractivity contribution in [1.82, 2.24) is 15.0 Å². The Hall–Kier alpha value is -3.42. The van der Waals surface area contributed by atoms with E-state index in [1.807, 2.05) is 42.5 Å². The third-order valence-electron chi connectivity index (χ3n) is 5.05. The van der Waals surface area contributed by atoms with Gasteiger partial charge in [-0.1, -0.05) is 11.6 Å². The molecule has 0 spiro atoms. The van der Waals surface area contributed by atoms with Crippen LogP contribution < -0.4 is 14.4 Å². The van der Waals surface area contributed by atoms with Gasteiger partial charge in [-0.05, 0) is 36.8 Å². The fraction of sp³-hybridized carbons (Fsp3) is 0.208. The Bertz CT molecular complexity index is 1210. The molecule has 0 aliphatic rings. The van der Waals surface area contributed by atoms with Crippen LogP contribution in [0.2, 0.25) is 5.15 Å². The summed E-state index contributed by atoms with van der Waals surface area (Å²) < 4.78 is 10.9. The molecule has 7 nitrogen and oxygen atoms in total. The van der Waals surface area contributed by atoms with Crippen LogP contribution in [0.4, 0.5) is 11.4 Å². The second kappa shape index (κ2) is 9.80. The quantitative estimate of drug-likeness (QED) is 0.383. The lowest BCUT2D eigenvalue weighted by atomic mass is 10.1. The van der Waals surface area contributed by atoms with Crippen LogP contribution in [0.1, 0.15) is 6.42 Å². The van der Waals surface area contributed by atoms with Crippen LogP contribution >= 0.6 is 11.6 Å². The molecule has 4 rings (SSSR count). The number of rotatable bonds is 8. The Morgan fingerprint density at radius 2 is 1.69 bits per heavy atom. The molecule has 0 bridgehead atoms. The lowest BCUT2D eigenvalue weighted by molar-refractivity contribution is 0.291. The number of nitrogens with zero attached hydrogens (tertiary/aromatic N) is 4. The Morgan fingerprint density at radius 3 is 2.38 bits per heavy atom. The van der Waals surface area contributed by atoms with Crippen LogP contribution in [0.3, 0.4) is 0 Å². The van der Waals surface area contributed by atoms with Crippen molar-refractivity contribution in [3.05, 3.63) is 66.1 Å². The Kier molecular flexibility index (Phi) is 6.68. The number of aromatic nitrogens is 3. The monoisotopic (exact) mass is 450 g/mol. The molecule has 32 heavy (non-hydrogen) atoms. The van der Waals surface area contributed by atoms with Gasteiger partial charge in [-0.15, -0.1) is 0 Å². The molecule has 0 aliphatic heterocycles. The smallest absolute Gasteiger partial charge is 0.129 e. The standard InChI is InChI=1S/C24H23ClN4O3/c1-31-19-11-18(12-20(14-19)32-2)29(8-3-9-30)17-4-5-21-22(13-17)28-23(15-27-21)16-6-7-26-24(25)10-16/h4-7,10-15,30H,3,8-9H2,1-2H3. The van der Waals surface area contributed by atoms with E-state index in [1.54, 1.807) is 32.7 Å². The van der Waals surface area contributed by atoms with E-state index < -0.39 is 0 Å². The summed E-state index contributed by atoms with van der Waals surface area (Å²) in [6.07, 6.45) is 3.97. The molecule has 2 aromatic heterocycles. The van der Waals surface area contributed by atoms with Gasteiger partial charge in [0.25, 0.3) is 0 Å². The molecule has 0 amide bonds. The fourth-order valence-corrected chi connectivity index (χ4v) is 3.63. The highest BCUT2D eigenvalue weighted by atomic mass is 35.5. The van der Waals surface area contributed by atoms with Gasteiger partial charge in [0.1, 0.15) is 16.7 Å². The molecule has 1 N–H and O–H groups in total. The van der Waals surface area contributed by atoms with Gasteiger partial charge in [0, 0.05) is 54.5 Å². The molecule has 0 saturated heterocycles. The first-order chi connectivity index (χ1) is 15.6. The molecule has 2 heterocycles. The molecule has 0 saturated carbocycles. The van der Waals surface area contributed by atoms with Crippen molar-refractivity contribution in [3.8, 4) is 22.8 Å². The number of hydrogen-bond acceptors (Lipinski definition) is 7. The van der Waals surface area contributed by atoms with Gasteiger partial charge in [-0.2, -0.15) is 0 Å². The minimum absolute atomic E-state index is 0.0813. The van der Waals surface area contributed by atoms with E-state index in [1.165, 1.54) is 0 Å². The van der Waals surface area contributed by atoms with Gasteiger partial charge in [0.2, 0.25) is 0 Å². The highest BCUT2D eigenvalue weighted by Gasteiger charge is 2.14. The highest BCUT2D eigenvalue weighted by molar-refractivity contribution is 6.29. The van der Waals surface area contributed by atoms with Gasteiger partial charge in [0.15, 0.2) is 0 Å². The molecule has 2 aromatic carbocycles. The van der Waals surface area contributed by atoms with E-state index in [9.17, 15) is 5.11 Å². The number of anilines is 2. The van der Waals surface area contributed by atoms with Crippen molar-refractivity contribution in [1.29, 1.82) is 0 Å². The van der Waals surface area contributed by atoms with E-state index in [0.717, 1.165) is 28.0 Å². The van der Waals surface area contributed by atoms with Crippen LogP contribution in [-0.2, 0) is 0 Å². The zero-order valence-electron chi connectivity index (χ0n) is 17.8. The SMILES string of the molecule is COc1cc(OC)cc(N(CCCO)c2ccc3ncc(-c4ccnc(Cl)c4)nc3c2)c1. The Morgan fingerprint density at radius 1 is 0.906 bits per heavy atom. The normalized spacial score (nSPS) is 10.9. The maximum atomic E-state index is 9.45. The van der Waals surface area contributed by atoms with Crippen LogP contribution in [0.15, 0.2) is 60.9 Å². The first kappa shape index (κ1) is 21.8. The average molecular weight is 451 g/mol. The average Bonchev–Trinajstić information content (AvgIpc) is 2.83. The largest absolute Gasteiger partial charge is 0.497 e. The van der Waals surface area contributed by atoms with E-state index in [-0.39, 0.29) is 6.61 Å². The Balaban J connectivity index is 1.79. The van der Waals surface area contributed by atoms with Crippen molar-refractivity contribution in [3.63, 3.8) is 0 Å². The maximum Gasteiger partial charge on any atom is 0.129 e. The van der Waals surface area contributed by atoms with Crippen molar-refractivity contribution in [2.24, 2.45) is 0 Å². The number of aliphatic hydroxyl groups is 1. The third kappa shape index (κ3) is 4.74. The summed E-state index contributed by atoms with van der Waals surface area (Å²) in [5.74, 6) is 1.37. The predicted octanol–water partition coefficient (Wildman–Crippen LogP) is 4.88. The first-order valence-electron chi connectivity index (χ1n) is 10.1. The van der Waals surface area contributed by atoms with Crippen molar-refractivity contribution in [2.75, 3.05) is 32.3 Å². The summed E-state index contributed by atoms with van der Waals surface area (Å²) in [6, 6.07) is 15.2. The molecular weight excluding hydrogens is 428 g/mol. The molecule has 0 aliphatic carbocycles. The van der Waals surface area contributed by atoms with E-state index in [4.69, 9.17) is 26.1 Å². The molecule has 0 radical (unpaired) electrons. The topological polar surface area (TPSA) is 80.6 Å². The molecule has 0 atom stereocenters. The summed E-state index contributed by atoms with van der Waals surface area (Å²) in [7, 11) is 3.24. The number of pyridine rings is 1. The van der Waals surface area contributed by atoms with E-state index in [2.05, 4.69) is 14.9 Å². The molecule has 164 valence electrons. The lowest BCUT2D eigenvalue weighted by Gasteiger charge is -2.26. The van der Waals surface area contributed by atoms with Crippen LogP contribution in [0, 0.1) is 0 Å². The number of hydrogen-bond donors (Lipinski definition) is 1. The third-order valence-corrected chi connectivity index (χ3v) is 5.25. The first-order valence-corrected chi connectivity index (χ1v) is 10.5. The van der Waals surface area contributed by atoms with E-state index in [0.29, 0.717) is 35.3 Å². The Labute approximate surface area is 191 Å². The second-order valence-corrected chi connectivity index (χ2v) is 7.48. The zero-order valence-corrected chi connectivity index (χ0v) is 18.6. The number of halogens is 1. The second-order valence-electron chi connectivity index (χ2n) is 7.10. The summed E-state index contributed by atoms with van der Waals surface area (Å²) in [4.78, 5) is 15.5. The van der Waals surface area contributed by atoms with Crippen molar-refractivity contribution < 1.29 is 14.6 Å². The van der Waals surface area contributed by atoms with Crippen LogP contribution in [0.25, 0.3) is 22.3 Å². The number of benzene rings is 2. The summed E-state index contributed by atoms with van der Waals surface area (Å²) >= 11 is 6.04. The van der Waals surface area contributed by atoms with Gasteiger partial charge in [-0.25, -0.2) is 9.97 Å². The number of aliphatic hydroxyl groups excluding tert-OH is 1. The van der Waals surface area contributed by atoms with Crippen molar-refractivity contribution >= 4 is 34.0 Å². The molecule has 0 fully saturated rings. The van der Waals surface area contributed by atoms with Gasteiger partial charge in [0.05, 0.1) is 37.1 Å². The fourth-order valence-electron chi connectivity index (χ4n) is 3.45. The van der Waals surface area contributed by atoms with Crippen molar-refractivity contribution in [2.45, 2.75) is 6.42 Å². The number of ether oxygens (including phenoxy) is 2. The zero-order chi connectivity index (χ0) is 22.5. The molecule has 4 aromatic rings. The van der Waals surface area contributed by atoms with Gasteiger partial charge in [-0.3, -0.25) is 4.98 Å². The highest BCUT2D eigenvalue weighted by Crippen LogP contribution is 2.34. The van der Waals surface area contributed by atoms with E-state index >= 15 is 0 Å². The molecule has 0 unspecified atom stereocenters. The summed E-state index contributed by atoms with van der Waals surface area (Å²) in [6.45, 7) is 0.684. The van der Waals surface area contributed by atoms with Gasteiger partial charge >= 0.3 is 0 Å². The summed E-state index contributed by atoms with van der Waals surface area (Å²) in [5.41, 5.74) is 4.89. The predicted molar refractivity (Wildman–Crippen MR) is 126 cm³/mol. The van der Waals surface area contributed by atoms with Crippen LogP contribution in [-0.4, -0.2) is 47.4 Å². The lowest BCUT2D eigenvalue weighted by Crippen LogP contribution is -2.19. The number of methoxy groups -OCH3 is 2. The minimum Gasteiger partial charge on any atom is -0.497 e. The summed E-state index contributed by atoms with van der Waals surface area (Å²) in [5, 5.41) is 9.86. The van der Waals surface area contributed by atoms with Gasteiger partial charge < -0.3 is 19.5 Å². The maximum absolute atomic E-state index is 9.45. The molecular formula is C24H23ClN4O3. The van der Waals surface area contributed by atoms with Crippen LogP contribution in [0.5, 0.6) is 11.5 Å². The molecule has 8 heteroatoms.